The first kappa shape index (κ1) is 31.0. The van der Waals surface area contributed by atoms with Crippen molar-refractivity contribution in [3.05, 3.63) is 95.1 Å². The highest BCUT2D eigenvalue weighted by Gasteiger charge is 2.44. The highest BCUT2D eigenvalue weighted by Crippen LogP contribution is 2.45. The van der Waals surface area contributed by atoms with Crippen molar-refractivity contribution < 1.29 is 17.9 Å². The Morgan fingerprint density at radius 1 is 0.867 bits per heavy atom. The molecule has 0 N–H and O–H groups in total. The molecule has 45 heavy (non-hydrogen) atoms. The number of allylic oxidation sites excluding steroid dienone is 1. The summed E-state index contributed by atoms with van der Waals surface area (Å²) < 4.78 is 33.1. The maximum absolute atomic E-state index is 14.2. The number of rotatable bonds is 7. The minimum Gasteiger partial charge on any atom is -0.379 e. The maximum atomic E-state index is 14.2. The molecule has 0 spiro atoms. The number of anilines is 2. The molecule has 0 radical (unpaired) electrons. The second-order valence-corrected chi connectivity index (χ2v) is 14.2. The molecule has 3 aromatic carbocycles. The molecule has 2 atom stereocenters. The lowest BCUT2D eigenvalue weighted by Crippen LogP contribution is -2.40. The molecule has 1 aliphatic carbocycles. The Morgan fingerprint density at radius 3 is 2.07 bits per heavy atom. The van der Waals surface area contributed by atoms with Gasteiger partial charge in [0.2, 0.25) is 10.0 Å². The van der Waals surface area contributed by atoms with Crippen molar-refractivity contribution in [2.75, 3.05) is 64.3 Å². The molecule has 236 valence electrons. The number of sulfonamides is 1. The fourth-order valence-electron chi connectivity index (χ4n) is 6.38. The molecule has 2 fully saturated rings. The first-order valence-corrected chi connectivity index (χ1v) is 16.9. The number of fused-ring (bicyclic) bond motifs is 1. The summed E-state index contributed by atoms with van der Waals surface area (Å²) in [4.78, 5) is 18.5. The predicted octanol–water partition coefficient (Wildman–Crippen LogP) is 5.28. The standard InChI is InChI=1S/C35H41N5O4S/c1-37(2)29-14-8-25(9-15-29)24-28-6-5-7-32-33(28)36-40(34(32)26-10-16-30(17-11-26)38(3)4)35(41)27-12-18-31(19-13-27)45(42,43)39-20-22-44-23-21-39/h8-19,24,32,34H,5-7,20-23H2,1-4H3/b28-24-/t32-,34+/m1/s1. The molecule has 2 aliphatic heterocycles. The van der Waals surface area contributed by atoms with Gasteiger partial charge < -0.3 is 14.5 Å². The molecule has 1 saturated carbocycles. The monoisotopic (exact) mass is 627 g/mol. The molecule has 6 rings (SSSR count). The van der Waals surface area contributed by atoms with Crippen LogP contribution >= 0.6 is 0 Å². The van der Waals surface area contributed by atoms with Crippen LogP contribution < -0.4 is 9.80 Å². The van der Waals surface area contributed by atoms with Crippen LogP contribution in [0.2, 0.25) is 0 Å². The van der Waals surface area contributed by atoms with Gasteiger partial charge in [-0.1, -0.05) is 24.3 Å². The van der Waals surface area contributed by atoms with Crippen molar-refractivity contribution in [2.45, 2.75) is 30.2 Å². The molecule has 0 bridgehead atoms. The predicted molar refractivity (Wildman–Crippen MR) is 179 cm³/mol. The molecular weight excluding hydrogens is 586 g/mol. The zero-order chi connectivity index (χ0) is 31.7. The van der Waals surface area contributed by atoms with E-state index in [0.717, 1.165) is 53.0 Å². The van der Waals surface area contributed by atoms with Crippen LogP contribution in [0.1, 0.15) is 46.8 Å². The van der Waals surface area contributed by atoms with Gasteiger partial charge in [0.25, 0.3) is 5.91 Å². The normalized spacial score (nSPS) is 21.4. The SMILES string of the molecule is CN(C)c1ccc(/C=C2/CCC[C@@H]3C2=NN(C(=O)c2ccc(S(=O)(=O)N4CCOCC4)cc2)[C@H]3c2ccc(N(C)C)cc2)cc1. The molecule has 0 aromatic heterocycles. The molecular formula is C35H41N5O4S. The number of hydrogen-bond donors (Lipinski definition) is 0. The van der Waals surface area contributed by atoms with Crippen LogP contribution in [-0.2, 0) is 14.8 Å². The smallest absolute Gasteiger partial charge is 0.274 e. The number of amides is 1. The molecule has 10 heteroatoms. The summed E-state index contributed by atoms with van der Waals surface area (Å²) >= 11 is 0. The third-order valence-electron chi connectivity index (χ3n) is 8.92. The van der Waals surface area contributed by atoms with Crippen LogP contribution in [0.3, 0.4) is 0 Å². The van der Waals surface area contributed by atoms with Gasteiger partial charge in [0.1, 0.15) is 0 Å². The van der Waals surface area contributed by atoms with Gasteiger partial charge in [-0.05, 0) is 90.6 Å². The number of nitrogens with zero attached hydrogens (tertiary/aromatic N) is 5. The van der Waals surface area contributed by atoms with Crippen LogP contribution in [0.25, 0.3) is 6.08 Å². The van der Waals surface area contributed by atoms with Crippen LogP contribution in [0.15, 0.2) is 88.4 Å². The Labute approximate surface area is 266 Å². The number of hydrazone groups is 1. The lowest BCUT2D eigenvalue weighted by Gasteiger charge is -2.30. The fraction of sp³-hybridized carbons (Fsp3) is 0.371. The van der Waals surface area contributed by atoms with Crippen molar-refractivity contribution in [3.8, 4) is 0 Å². The van der Waals surface area contributed by atoms with Crippen molar-refractivity contribution in [1.82, 2.24) is 9.31 Å². The molecule has 1 saturated heterocycles. The minimum atomic E-state index is -3.66. The largest absolute Gasteiger partial charge is 0.379 e. The Kier molecular flexibility index (Phi) is 8.81. The molecule has 3 aliphatic rings. The van der Waals surface area contributed by atoms with Crippen molar-refractivity contribution in [1.29, 1.82) is 0 Å². The van der Waals surface area contributed by atoms with Crippen LogP contribution in [0.5, 0.6) is 0 Å². The summed E-state index contributed by atoms with van der Waals surface area (Å²) in [5.41, 5.74) is 6.87. The summed E-state index contributed by atoms with van der Waals surface area (Å²) in [5, 5.41) is 6.67. The highest BCUT2D eigenvalue weighted by atomic mass is 32.2. The third-order valence-corrected chi connectivity index (χ3v) is 10.8. The van der Waals surface area contributed by atoms with E-state index < -0.39 is 10.0 Å². The number of carbonyl (C=O) groups excluding carboxylic acids is 1. The van der Waals surface area contributed by atoms with Crippen LogP contribution in [0, 0.1) is 5.92 Å². The van der Waals surface area contributed by atoms with E-state index in [2.05, 4.69) is 64.4 Å². The van der Waals surface area contributed by atoms with E-state index in [1.165, 1.54) is 16.4 Å². The van der Waals surface area contributed by atoms with E-state index in [1.807, 2.05) is 28.2 Å². The summed E-state index contributed by atoms with van der Waals surface area (Å²) in [5.74, 6) is -0.190. The lowest BCUT2D eigenvalue weighted by molar-refractivity contribution is 0.0680. The highest BCUT2D eigenvalue weighted by molar-refractivity contribution is 7.89. The second kappa shape index (κ2) is 12.8. The quantitative estimate of drug-likeness (QED) is 0.355. The first-order chi connectivity index (χ1) is 21.6. The van der Waals surface area contributed by atoms with Gasteiger partial charge in [-0.25, -0.2) is 13.4 Å². The third kappa shape index (κ3) is 6.27. The molecule has 2 heterocycles. The number of hydrogen-bond acceptors (Lipinski definition) is 7. The molecule has 1 amide bonds. The van der Waals surface area contributed by atoms with Gasteiger partial charge in [-0.2, -0.15) is 9.41 Å². The van der Waals surface area contributed by atoms with E-state index in [4.69, 9.17) is 9.84 Å². The first-order valence-electron chi connectivity index (χ1n) is 15.5. The zero-order valence-electron chi connectivity index (χ0n) is 26.4. The maximum Gasteiger partial charge on any atom is 0.274 e. The Hall–Kier alpha value is -3.99. The summed E-state index contributed by atoms with van der Waals surface area (Å²) in [6, 6.07) is 22.8. The Bertz CT molecular complexity index is 1690. The second-order valence-electron chi connectivity index (χ2n) is 12.3. The van der Waals surface area contributed by atoms with Gasteiger partial charge in [0.05, 0.1) is 29.9 Å². The van der Waals surface area contributed by atoms with Crippen molar-refractivity contribution in [3.63, 3.8) is 0 Å². The number of carbonyl (C=O) groups is 1. The van der Waals surface area contributed by atoms with Crippen LogP contribution in [-0.4, -0.2) is 83.8 Å². The van der Waals surface area contributed by atoms with E-state index in [9.17, 15) is 13.2 Å². The number of benzene rings is 3. The topological polar surface area (TPSA) is 85.8 Å². The van der Waals surface area contributed by atoms with E-state index in [-0.39, 0.29) is 22.8 Å². The molecule has 3 aromatic rings. The van der Waals surface area contributed by atoms with Crippen LogP contribution in [0.4, 0.5) is 11.4 Å². The van der Waals surface area contributed by atoms with Gasteiger partial charge in [-0.3, -0.25) is 4.79 Å². The van der Waals surface area contributed by atoms with Crippen molar-refractivity contribution in [2.24, 2.45) is 11.0 Å². The van der Waals surface area contributed by atoms with E-state index in [0.29, 0.717) is 31.9 Å². The van der Waals surface area contributed by atoms with E-state index >= 15 is 0 Å². The molecule has 0 unspecified atom stereocenters. The van der Waals surface area contributed by atoms with E-state index in [1.54, 1.807) is 17.1 Å². The fourth-order valence-corrected chi connectivity index (χ4v) is 7.79. The van der Waals surface area contributed by atoms with Gasteiger partial charge in [-0.15, -0.1) is 0 Å². The minimum absolute atomic E-state index is 0.0566. The average molecular weight is 628 g/mol. The number of ether oxygens (including phenoxy) is 1. The summed E-state index contributed by atoms with van der Waals surface area (Å²) in [6.07, 6.45) is 5.03. The zero-order valence-corrected chi connectivity index (χ0v) is 27.2. The van der Waals surface area contributed by atoms with Crippen molar-refractivity contribution >= 4 is 39.1 Å². The van der Waals surface area contributed by atoms with Gasteiger partial charge >= 0.3 is 0 Å². The Morgan fingerprint density at radius 2 is 1.47 bits per heavy atom. The Balaban J connectivity index is 1.34. The summed E-state index contributed by atoms with van der Waals surface area (Å²) in [6.45, 7) is 1.39. The average Bonchev–Trinajstić information content (AvgIpc) is 3.46. The number of morpholine rings is 1. The van der Waals surface area contributed by atoms with Gasteiger partial charge in [0.15, 0.2) is 0 Å². The lowest BCUT2D eigenvalue weighted by atomic mass is 9.77. The molecule has 9 nitrogen and oxygen atoms in total. The summed E-state index contributed by atoms with van der Waals surface area (Å²) in [7, 11) is 4.41. The van der Waals surface area contributed by atoms with Gasteiger partial charge in [0, 0.05) is 64.1 Å².